The quantitative estimate of drug-likeness (QED) is 0.362. The summed E-state index contributed by atoms with van der Waals surface area (Å²) < 4.78 is 21.4. The number of carbonyl (C=O) groups is 1. The van der Waals surface area contributed by atoms with E-state index in [1.807, 2.05) is 12.1 Å². The summed E-state index contributed by atoms with van der Waals surface area (Å²) in [5.41, 5.74) is 3.48. The van der Waals surface area contributed by atoms with Gasteiger partial charge in [0, 0.05) is 5.39 Å². The van der Waals surface area contributed by atoms with Gasteiger partial charge in [0.25, 0.3) is 0 Å². The van der Waals surface area contributed by atoms with Gasteiger partial charge in [-0.15, -0.1) is 6.42 Å². The van der Waals surface area contributed by atoms with Crippen molar-refractivity contribution in [3.05, 3.63) is 52.7 Å². The number of nitrogens with one attached hydrogen (secondary N) is 1. The third-order valence-electron chi connectivity index (χ3n) is 3.88. The number of ether oxygens (including phenoxy) is 3. The topological polar surface area (TPSA) is 82.3 Å². The molecule has 0 aliphatic rings. The largest absolute Gasteiger partial charge is 0.493 e. The number of para-hydroxylation sites is 1. The maximum atomic E-state index is 12.3. The molecule has 1 amide bonds. The van der Waals surface area contributed by atoms with Gasteiger partial charge in [-0.3, -0.25) is 4.79 Å². The highest BCUT2D eigenvalue weighted by Crippen LogP contribution is 2.36. The summed E-state index contributed by atoms with van der Waals surface area (Å²) in [6.45, 7) is 0.0574. The molecule has 3 aromatic rings. The highest BCUT2D eigenvalue weighted by molar-refractivity contribution is 6.32. The van der Waals surface area contributed by atoms with Gasteiger partial charge in [-0.2, -0.15) is 5.10 Å². The van der Waals surface area contributed by atoms with Crippen molar-refractivity contribution < 1.29 is 23.4 Å². The standard InChI is InChI=1S/C21H17ClN2O5/c1-4-8-28-20-15(22)9-13(10-17(20)27-3)12-23-24-21(25)18-11-14-6-5-7-16(26-2)19(14)29-18/h1,5-7,9-12H,8H2,2-3H3,(H,24,25)/b23-12-. The van der Waals surface area contributed by atoms with Gasteiger partial charge in [-0.05, 0) is 29.8 Å². The molecule has 1 heterocycles. The van der Waals surface area contributed by atoms with Crippen LogP contribution in [0.25, 0.3) is 11.0 Å². The highest BCUT2D eigenvalue weighted by atomic mass is 35.5. The van der Waals surface area contributed by atoms with Gasteiger partial charge in [0.2, 0.25) is 0 Å². The summed E-state index contributed by atoms with van der Waals surface area (Å²) >= 11 is 6.21. The normalized spacial score (nSPS) is 10.7. The number of furan rings is 1. The van der Waals surface area contributed by atoms with Crippen LogP contribution in [0.3, 0.4) is 0 Å². The summed E-state index contributed by atoms with van der Waals surface area (Å²) in [6, 6.07) is 10.3. The van der Waals surface area contributed by atoms with E-state index in [-0.39, 0.29) is 12.4 Å². The molecule has 8 heteroatoms. The molecule has 0 atom stereocenters. The van der Waals surface area contributed by atoms with Crippen molar-refractivity contribution in [2.45, 2.75) is 0 Å². The maximum Gasteiger partial charge on any atom is 0.307 e. The van der Waals surface area contributed by atoms with E-state index in [0.29, 0.717) is 33.4 Å². The third kappa shape index (κ3) is 4.45. The molecule has 0 saturated carbocycles. The minimum atomic E-state index is -0.508. The molecular formula is C21H17ClN2O5. The molecule has 148 valence electrons. The third-order valence-corrected chi connectivity index (χ3v) is 4.16. The Kier molecular flexibility index (Phi) is 6.27. The number of methoxy groups -OCH3 is 2. The average Bonchev–Trinajstić information content (AvgIpc) is 3.17. The van der Waals surface area contributed by atoms with E-state index in [1.54, 1.807) is 24.3 Å². The zero-order valence-corrected chi connectivity index (χ0v) is 16.4. The van der Waals surface area contributed by atoms with Gasteiger partial charge in [-0.25, -0.2) is 5.43 Å². The number of nitrogens with zero attached hydrogens (tertiary/aromatic N) is 1. The molecule has 2 aromatic carbocycles. The van der Waals surface area contributed by atoms with Crippen molar-refractivity contribution in [3.63, 3.8) is 0 Å². The predicted molar refractivity (Wildman–Crippen MR) is 110 cm³/mol. The second-order valence-corrected chi connectivity index (χ2v) is 6.12. The number of amides is 1. The molecule has 0 aliphatic carbocycles. The zero-order valence-electron chi connectivity index (χ0n) is 15.7. The lowest BCUT2D eigenvalue weighted by Crippen LogP contribution is -2.16. The Bertz CT molecular complexity index is 1110. The Hall–Kier alpha value is -3.63. The number of hydrogen-bond donors (Lipinski definition) is 1. The minimum absolute atomic E-state index is 0.0574. The molecule has 0 saturated heterocycles. The van der Waals surface area contributed by atoms with Crippen LogP contribution in [0.1, 0.15) is 16.1 Å². The van der Waals surface area contributed by atoms with E-state index in [1.165, 1.54) is 20.4 Å². The SMILES string of the molecule is C#CCOc1c(Cl)cc(/C=N\NC(=O)c2cc3cccc(OC)c3o2)cc1OC. The van der Waals surface area contributed by atoms with Crippen molar-refractivity contribution in [2.24, 2.45) is 5.10 Å². The van der Waals surface area contributed by atoms with Crippen molar-refractivity contribution in [1.29, 1.82) is 0 Å². The monoisotopic (exact) mass is 412 g/mol. The Balaban J connectivity index is 1.75. The summed E-state index contributed by atoms with van der Waals surface area (Å²) in [4.78, 5) is 12.3. The molecule has 29 heavy (non-hydrogen) atoms. The smallest absolute Gasteiger partial charge is 0.307 e. The molecule has 0 radical (unpaired) electrons. The number of hydrogen-bond acceptors (Lipinski definition) is 6. The van der Waals surface area contributed by atoms with Gasteiger partial charge in [-0.1, -0.05) is 29.7 Å². The first-order valence-electron chi connectivity index (χ1n) is 8.41. The van der Waals surface area contributed by atoms with Gasteiger partial charge >= 0.3 is 5.91 Å². The molecule has 7 nitrogen and oxygen atoms in total. The van der Waals surface area contributed by atoms with E-state index >= 15 is 0 Å². The molecule has 3 rings (SSSR count). The van der Waals surface area contributed by atoms with Crippen LogP contribution in [0, 0.1) is 12.3 Å². The molecule has 0 spiro atoms. The van der Waals surface area contributed by atoms with Gasteiger partial charge in [0.1, 0.15) is 6.61 Å². The van der Waals surface area contributed by atoms with Crippen LogP contribution in [0.15, 0.2) is 45.9 Å². The Labute approximate surface area is 172 Å². The van der Waals surface area contributed by atoms with Crippen LogP contribution >= 0.6 is 11.6 Å². The van der Waals surface area contributed by atoms with E-state index in [0.717, 1.165) is 5.39 Å². The molecule has 0 fully saturated rings. The first kappa shape index (κ1) is 20.1. The van der Waals surface area contributed by atoms with Crippen LogP contribution in [-0.2, 0) is 0 Å². The fraction of sp³-hybridized carbons (Fsp3) is 0.143. The Morgan fingerprint density at radius 1 is 1.28 bits per heavy atom. The van der Waals surface area contributed by atoms with Gasteiger partial charge in [0.05, 0.1) is 25.5 Å². The molecule has 0 aliphatic heterocycles. The van der Waals surface area contributed by atoms with Crippen LogP contribution < -0.4 is 19.6 Å². The van der Waals surface area contributed by atoms with Crippen LogP contribution in [0.5, 0.6) is 17.2 Å². The Morgan fingerprint density at radius 2 is 2.07 bits per heavy atom. The lowest BCUT2D eigenvalue weighted by Gasteiger charge is -2.11. The summed E-state index contributed by atoms with van der Waals surface area (Å²) in [5, 5.41) is 4.99. The number of hydrazone groups is 1. The number of rotatable bonds is 7. The molecule has 0 unspecified atom stereocenters. The fourth-order valence-electron chi connectivity index (χ4n) is 2.60. The van der Waals surface area contributed by atoms with Crippen molar-refractivity contribution in [3.8, 4) is 29.6 Å². The number of benzene rings is 2. The molecule has 0 bridgehead atoms. The second-order valence-electron chi connectivity index (χ2n) is 5.72. The zero-order chi connectivity index (χ0) is 20.8. The van der Waals surface area contributed by atoms with E-state index < -0.39 is 5.91 Å². The van der Waals surface area contributed by atoms with Gasteiger partial charge < -0.3 is 18.6 Å². The Morgan fingerprint density at radius 3 is 2.79 bits per heavy atom. The van der Waals surface area contributed by atoms with E-state index in [9.17, 15) is 4.79 Å². The minimum Gasteiger partial charge on any atom is -0.493 e. The summed E-state index contributed by atoms with van der Waals surface area (Å²) in [5.74, 6) is 3.23. The first-order valence-corrected chi connectivity index (χ1v) is 8.79. The van der Waals surface area contributed by atoms with Crippen molar-refractivity contribution >= 4 is 34.7 Å². The van der Waals surface area contributed by atoms with Crippen LogP contribution in [0.4, 0.5) is 0 Å². The lowest BCUT2D eigenvalue weighted by atomic mass is 10.2. The first-order chi connectivity index (χ1) is 14.1. The lowest BCUT2D eigenvalue weighted by molar-refractivity contribution is 0.0929. The number of terminal acetylenes is 1. The highest BCUT2D eigenvalue weighted by Gasteiger charge is 2.15. The molecular weight excluding hydrogens is 396 g/mol. The number of halogens is 1. The van der Waals surface area contributed by atoms with Crippen LogP contribution in [0.2, 0.25) is 5.02 Å². The summed E-state index contributed by atoms with van der Waals surface area (Å²) in [6.07, 6.45) is 6.61. The van der Waals surface area contributed by atoms with Crippen molar-refractivity contribution in [2.75, 3.05) is 20.8 Å². The second kappa shape index (κ2) is 9.04. The fourth-order valence-corrected chi connectivity index (χ4v) is 2.87. The maximum absolute atomic E-state index is 12.3. The van der Waals surface area contributed by atoms with Gasteiger partial charge in [0.15, 0.2) is 28.6 Å². The number of fused-ring (bicyclic) bond motifs is 1. The average molecular weight is 413 g/mol. The van der Waals surface area contributed by atoms with Crippen LogP contribution in [-0.4, -0.2) is 32.9 Å². The molecule has 1 aromatic heterocycles. The van der Waals surface area contributed by atoms with E-state index in [2.05, 4.69) is 16.4 Å². The molecule has 1 N–H and O–H groups in total. The summed E-state index contributed by atoms with van der Waals surface area (Å²) in [7, 11) is 3.01. The van der Waals surface area contributed by atoms with Crippen molar-refractivity contribution in [1.82, 2.24) is 5.43 Å². The number of carbonyl (C=O) groups excluding carboxylic acids is 1. The van der Waals surface area contributed by atoms with E-state index in [4.69, 9.17) is 36.7 Å². The predicted octanol–water partition coefficient (Wildman–Crippen LogP) is 3.88.